The summed E-state index contributed by atoms with van der Waals surface area (Å²) >= 11 is 0. The Bertz CT molecular complexity index is 669. The third kappa shape index (κ3) is 2.85. The number of carbonyl (C=O) groups is 1. The van der Waals surface area contributed by atoms with E-state index in [-0.39, 0.29) is 6.54 Å². The first-order valence-corrected chi connectivity index (χ1v) is 7.83. The second kappa shape index (κ2) is 6.11. The van der Waals surface area contributed by atoms with Crippen LogP contribution in [0.3, 0.4) is 0 Å². The highest BCUT2D eigenvalue weighted by Gasteiger charge is 2.48. The van der Waals surface area contributed by atoms with Crippen molar-refractivity contribution in [1.29, 1.82) is 5.26 Å². The van der Waals surface area contributed by atoms with Gasteiger partial charge in [-0.05, 0) is 43.4 Å². The number of aliphatic hydroxyl groups is 1. The van der Waals surface area contributed by atoms with E-state index in [1.54, 1.807) is 29.2 Å². The molecule has 1 saturated carbocycles. The maximum absolute atomic E-state index is 11.2. The molecule has 0 saturated heterocycles. The van der Waals surface area contributed by atoms with E-state index in [4.69, 9.17) is 10.3 Å². The molecule has 120 valence electrons. The number of hydrogen-bond donors (Lipinski definition) is 2. The minimum Gasteiger partial charge on any atom is -0.480 e. The number of nitrogens with zero attached hydrogens (tertiary/aromatic N) is 3. The first kappa shape index (κ1) is 15.7. The van der Waals surface area contributed by atoms with Crippen molar-refractivity contribution in [3.63, 3.8) is 0 Å². The molecule has 1 unspecified atom stereocenters. The van der Waals surface area contributed by atoms with Crippen LogP contribution in [-0.4, -0.2) is 45.2 Å². The molecule has 0 aromatic heterocycles. The number of aliphatic carboxylic acids is 1. The summed E-state index contributed by atoms with van der Waals surface area (Å²) in [5.41, 5.74) is 1.16. The Morgan fingerprint density at radius 1 is 1.30 bits per heavy atom. The standard InChI is InChI=1S/C17H19N3O3/c18-10-12-4-6-13(7-5-12)15-16(23)20(11-14(21)22)17(19-15)8-2-1-3-9-17/h4-7,16,23H,1-3,8-9,11H2,(H,21,22). The Labute approximate surface area is 134 Å². The molecule has 1 aliphatic heterocycles. The van der Waals surface area contributed by atoms with E-state index < -0.39 is 17.9 Å². The van der Waals surface area contributed by atoms with Gasteiger partial charge in [0.25, 0.3) is 0 Å². The Balaban J connectivity index is 1.97. The van der Waals surface area contributed by atoms with E-state index >= 15 is 0 Å². The zero-order chi connectivity index (χ0) is 16.4. The molecule has 3 rings (SSSR count). The Kier molecular flexibility index (Phi) is 4.16. The van der Waals surface area contributed by atoms with E-state index in [9.17, 15) is 15.0 Å². The predicted molar refractivity (Wildman–Crippen MR) is 83.9 cm³/mol. The van der Waals surface area contributed by atoms with Crippen molar-refractivity contribution in [3.05, 3.63) is 35.4 Å². The van der Waals surface area contributed by atoms with E-state index in [0.29, 0.717) is 11.3 Å². The van der Waals surface area contributed by atoms with Gasteiger partial charge in [-0.15, -0.1) is 0 Å². The topological polar surface area (TPSA) is 96.9 Å². The van der Waals surface area contributed by atoms with E-state index in [1.807, 2.05) is 0 Å². The average Bonchev–Trinajstić information content (AvgIpc) is 2.81. The molecular weight excluding hydrogens is 294 g/mol. The summed E-state index contributed by atoms with van der Waals surface area (Å²) in [6, 6.07) is 8.92. The van der Waals surface area contributed by atoms with Crippen LogP contribution >= 0.6 is 0 Å². The summed E-state index contributed by atoms with van der Waals surface area (Å²) in [4.78, 5) is 17.6. The lowest BCUT2D eigenvalue weighted by Crippen LogP contribution is -2.52. The minimum atomic E-state index is -1.03. The third-order valence-corrected chi connectivity index (χ3v) is 4.67. The zero-order valence-electron chi connectivity index (χ0n) is 12.8. The van der Waals surface area contributed by atoms with Gasteiger partial charge < -0.3 is 10.2 Å². The fraction of sp³-hybridized carbons (Fsp3) is 0.471. The first-order chi connectivity index (χ1) is 11.1. The normalized spacial score (nSPS) is 23.5. The minimum absolute atomic E-state index is 0.232. The number of nitriles is 1. The molecule has 2 N–H and O–H groups in total. The summed E-state index contributed by atoms with van der Waals surface area (Å²) in [5, 5.41) is 28.7. The number of aliphatic imine (C=N–C) groups is 1. The first-order valence-electron chi connectivity index (χ1n) is 7.83. The fourth-order valence-corrected chi connectivity index (χ4v) is 3.55. The molecule has 2 aliphatic rings. The fourth-order valence-electron chi connectivity index (χ4n) is 3.55. The van der Waals surface area contributed by atoms with Gasteiger partial charge in [-0.1, -0.05) is 18.6 Å². The molecule has 1 aromatic rings. The van der Waals surface area contributed by atoms with Gasteiger partial charge in [-0.25, -0.2) is 4.90 Å². The van der Waals surface area contributed by atoms with Crippen molar-refractivity contribution in [2.24, 2.45) is 4.99 Å². The van der Waals surface area contributed by atoms with Gasteiger partial charge in [-0.2, -0.15) is 5.26 Å². The highest BCUT2D eigenvalue weighted by molar-refractivity contribution is 6.05. The molecule has 1 aliphatic carbocycles. The lowest BCUT2D eigenvalue weighted by atomic mass is 9.88. The van der Waals surface area contributed by atoms with Crippen molar-refractivity contribution in [3.8, 4) is 6.07 Å². The van der Waals surface area contributed by atoms with Crippen molar-refractivity contribution in [2.75, 3.05) is 6.54 Å². The Morgan fingerprint density at radius 2 is 1.96 bits per heavy atom. The average molecular weight is 313 g/mol. The maximum atomic E-state index is 11.2. The lowest BCUT2D eigenvalue weighted by molar-refractivity contribution is -0.143. The van der Waals surface area contributed by atoms with Gasteiger partial charge in [0.15, 0.2) is 6.23 Å². The molecule has 23 heavy (non-hydrogen) atoms. The summed E-state index contributed by atoms with van der Waals surface area (Å²) < 4.78 is 0. The van der Waals surface area contributed by atoms with Crippen LogP contribution < -0.4 is 0 Å². The molecule has 1 spiro atoms. The molecular formula is C17H19N3O3. The van der Waals surface area contributed by atoms with Gasteiger partial charge >= 0.3 is 5.97 Å². The molecule has 0 amide bonds. The van der Waals surface area contributed by atoms with Crippen molar-refractivity contribution in [1.82, 2.24) is 4.90 Å². The monoisotopic (exact) mass is 313 g/mol. The van der Waals surface area contributed by atoms with Gasteiger partial charge in [0, 0.05) is 0 Å². The van der Waals surface area contributed by atoms with Gasteiger partial charge in [0.1, 0.15) is 12.2 Å². The van der Waals surface area contributed by atoms with Gasteiger partial charge in [0.2, 0.25) is 0 Å². The van der Waals surface area contributed by atoms with Crippen LogP contribution in [0.25, 0.3) is 0 Å². The van der Waals surface area contributed by atoms with E-state index in [2.05, 4.69) is 6.07 Å². The number of aliphatic hydroxyl groups excluding tert-OH is 1. The van der Waals surface area contributed by atoms with E-state index in [0.717, 1.165) is 37.7 Å². The molecule has 1 fully saturated rings. The summed E-state index contributed by atoms with van der Waals surface area (Å²) in [6.07, 6.45) is 3.56. The van der Waals surface area contributed by atoms with Crippen LogP contribution in [0.1, 0.15) is 43.2 Å². The largest absolute Gasteiger partial charge is 0.480 e. The third-order valence-electron chi connectivity index (χ3n) is 4.67. The van der Waals surface area contributed by atoms with Crippen molar-refractivity contribution < 1.29 is 15.0 Å². The number of carboxylic acid groups (broad SMARTS) is 1. The smallest absolute Gasteiger partial charge is 0.317 e. The summed E-state index contributed by atoms with van der Waals surface area (Å²) in [7, 11) is 0. The second-order valence-corrected chi connectivity index (χ2v) is 6.12. The SMILES string of the molecule is N#Cc1ccc(C2=NC3(CCCCC3)N(CC(=O)O)C2O)cc1. The molecule has 0 bridgehead atoms. The van der Waals surface area contributed by atoms with Crippen LogP contribution in [0.2, 0.25) is 0 Å². The molecule has 1 aromatic carbocycles. The van der Waals surface area contributed by atoms with Gasteiger partial charge in [-0.3, -0.25) is 9.79 Å². The highest BCUT2D eigenvalue weighted by Crippen LogP contribution is 2.40. The summed E-state index contributed by atoms with van der Waals surface area (Å²) in [5.74, 6) is -0.967. The van der Waals surface area contributed by atoms with Crippen LogP contribution in [-0.2, 0) is 4.79 Å². The lowest BCUT2D eigenvalue weighted by Gasteiger charge is -2.39. The Morgan fingerprint density at radius 3 is 2.52 bits per heavy atom. The predicted octanol–water partition coefficient (Wildman–Crippen LogP) is 1.73. The van der Waals surface area contributed by atoms with Crippen molar-refractivity contribution in [2.45, 2.75) is 44.0 Å². The second-order valence-electron chi connectivity index (χ2n) is 6.12. The van der Waals surface area contributed by atoms with Crippen LogP contribution in [0.5, 0.6) is 0 Å². The highest BCUT2D eigenvalue weighted by atomic mass is 16.4. The molecule has 1 heterocycles. The van der Waals surface area contributed by atoms with Gasteiger partial charge in [0.05, 0.1) is 17.3 Å². The molecule has 6 nitrogen and oxygen atoms in total. The van der Waals surface area contributed by atoms with Crippen LogP contribution in [0.4, 0.5) is 0 Å². The summed E-state index contributed by atoms with van der Waals surface area (Å²) in [6.45, 7) is -0.232. The molecule has 1 atom stereocenters. The number of hydrogen-bond acceptors (Lipinski definition) is 5. The maximum Gasteiger partial charge on any atom is 0.317 e. The molecule has 0 radical (unpaired) electrons. The van der Waals surface area contributed by atoms with Crippen LogP contribution in [0.15, 0.2) is 29.3 Å². The quantitative estimate of drug-likeness (QED) is 0.885. The van der Waals surface area contributed by atoms with Crippen LogP contribution in [0, 0.1) is 11.3 Å². The van der Waals surface area contributed by atoms with Crippen molar-refractivity contribution >= 4 is 11.7 Å². The van der Waals surface area contributed by atoms with E-state index in [1.165, 1.54) is 0 Å². The number of benzene rings is 1. The molecule has 6 heteroatoms. The number of rotatable bonds is 3. The Hall–Kier alpha value is -2.23. The number of carboxylic acids is 1. The zero-order valence-corrected chi connectivity index (χ0v) is 12.8.